The van der Waals surface area contributed by atoms with Crippen molar-refractivity contribution in [3.8, 4) is 12.8 Å². The molecule has 1 atom stereocenters. The molecule has 0 aliphatic carbocycles. The van der Waals surface area contributed by atoms with Crippen LogP contribution in [-0.2, 0) is 11.2 Å². The molecule has 3 aromatic rings. The molecule has 1 aliphatic rings. The van der Waals surface area contributed by atoms with Gasteiger partial charge < -0.3 is 5.32 Å². The first-order chi connectivity index (χ1) is 17.1. The molecule has 0 spiro atoms. The number of rotatable bonds is 6. The third-order valence-corrected chi connectivity index (χ3v) is 6.83. The lowest BCUT2D eigenvalue weighted by Crippen LogP contribution is -2.42. The molecule has 4 rings (SSSR count). The van der Waals surface area contributed by atoms with Crippen LogP contribution in [0.5, 0.6) is 0 Å². The van der Waals surface area contributed by atoms with E-state index in [-0.39, 0.29) is 11.8 Å². The molecule has 1 unspecified atom stereocenters. The van der Waals surface area contributed by atoms with Crippen LogP contribution in [-0.4, -0.2) is 39.1 Å². The standard InChI is InChI=1S/C24H24ClN5O2S.C2H2/c1-2-20(14-19(15-25)23-22-16-26-11-8-17(22)9-12-27-23)29-24(31)18-4-6-21(7-5-18)30-13-3-10-28-33(30)32;1-2/h2,4-9,11-12,14,16,28H,3,10,13,15H2,1H3,(H,29,31);1-2H/b19-14+,20-2+;. The largest absolute Gasteiger partial charge is 0.322 e. The first kappa shape index (κ1) is 26.1. The lowest BCUT2D eigenvalue weighted by atomic mass is 10.1. The van der Waals surface area contributed by atoms with Crippen LogP contribution < -0.4 is 14.3 Å². The van der Waals surface area contributed by atoms with Crippen molar-refractivity contribution in [3.05, 3.63) is 84.1 Å². The number of fused-ring (bicyclic) bond motifs is 1. The average Bonchev–Trinajstić information content (AvgIpc) is 2.92. The van der Waals surface area contributed by atoms with E-state index >= 15 is 0 Å². The maximum atomic E-state index is 12.9. The number of amides is 1. The summed E-state index contributed by atoms with van der Waals surface area (Å²) in [5.41, 5.74) is 3.44. The number of alkyl halides is 1. The molecule has 7 nitrogen and oxygen atoms in total. The van der Waals surface area contributed by atoms with Crippen LogP contribution in [0, 0.1) is 12.8 Å². The highest BCUT2D eigenvalue weighted by Crippen LogP contribution is 2.24. The molecular formula is C26H26ClN5O2S. The number of carbonyl (C=O) groups is 1. The van der Waals surface area contributed by atoms with E-state index in [1.807, 2.05) is 43.3 Å². The second kappa shape index (κ2) is 12.8. The Morgan fingerprint density at radius 3 is 2.66 bits per heavy atom. The zero-order chi connectivity index (χ0) is 25.2. The smallest absolute Gasteiger partial charge is 0.255 e. The summed E-state index contributed by atoms with van der Waals surface area (Å²) >= 11 is 5.01. The van der Waals surface area contributed by atoms with Gasteiger partial charge in [-0.1, -0.05) is 6.08 Å². The molecule has 1 amide bonds. The van der Waals surface area contributed by atoms with Crippen molar-refractivity contribution in [1.82, 2.24) is 20.0 Å². The number of pyridine rings is 2. The Morgan fingerprint density at radius 1 is 1.23 bits per heavy atom. The van der Waals surface area contributed by atoms with Gasteiger partial charge in [0, 0.05) is 54.2 Å². The van der Waals surface area contributed by atoms with Crippen LogP contribution in [0.2, 0.25) is 0 Å². The van der Waals surface area contributed by atoms with Crippen LogP contribution in [0.15, 0.2) is 72.8 Å². The second-order valence-corrected chi connectivity index (χ2v) is 8.90. The molecule has 1 saturated heterocycles. The fourth-order valence-electron chi connectivity index (χ4n) is 3.57. The summed E-state index contributed by atoms with van der Waals surface area (Å²) in [6.45, 7) is 3.29. The van der Waals surface area contributed by atoms with Gasteiger partial charge in [-0.2, -0.15) is 0 Å². The van der Waals surface area contributed by atoms with Gasteiger partial charge in [0.25, 0.3) is 5.91 Å². The van der Waals surface area contributed by atoms with E-state index in [1.54, 1.807) is 35.0 Å². The fourth-order valence-corrected chi connectivity index (χ4v) is 4.85. The van der Waals surface area contributed by atoms with Gasteiger partial charge in [0.2, 0.25) is 0 Å². The average molecular weight is 508 g/mol. The molecule has 180 valence electrons. The highest BCUT2D eigenvalue weighted by molar-refractivity contribution is 7.84. The lowest BCUT2D eigenvalue weighted by molar-refractivity contribution is 0.0967. The number of nitrogens with one attached hydrogen (secondary N) is 2. The number of hydrogen-bond acceptors (Lipinski definition) is 4. The molecule has 0 bridgehead atoms. The monoisotopic (exact) mass is 507 g/mol. The topological polar surface area (TPSA) is 87.2 Å². The SMILES string of the molecule is C#C.C/C=C(\C=C(/CCl)c1nccc2ccncc12)NC(=O)c1ccc(N2CCCNS2=O)cc1. The molecule has 9 heteroatoms. The Morgan fingerprint density at radius 2 is 1.97 bits per heavy atom. The summed E-state index contributed by atoms with van der Waals surface area (Å²) in [5.74, 6) is -0.0190. The van der Waals surface area contributed by atoms with Crippen LogP contribution in [0.3, 0.4) is 0 Å². The summed E-state index contributed by atoms with van der Waals surface area (Å²) in [6.07, 6.45) is 17.8. The molecule has 0 radical (unpaired) electrons. The van der Waals surface area contributed by atoms with Crippen molar-refractivity contribution >= 4 is 50.7 Å². The number of nitrogens with zero attached hydrogens (tertiary/aromatic N) is 3. The molecule has 1 aliphatic heterocycles. The number of hydrogen-bond donors (Lipinski definition) is 2. The van der Waals surface area contributed by atoms with E-state index in [1.165, 1.54) is 0 Å². The van der Waals surface area contributed by atoms with Crippen LogP contribution >= 0.6 is 11.6 Å². The van der Waals surface area contributed by atoms with Crippen LogP contribution in [0.25, 0.3) is 16.3 Å². The highest BCUT2D eigenvalue weighted by atomic mass is 35.5. The van der Waals surface area contributed by atoms with E-state index in [9.17, 15) is 9.00 Å². The zero-order valence-corrected chi connectivity index (χ0v) is 20.9. The molecule has 1 aromatic carbocycles. The van der Waals surface area contributed by atoms with Crippen molar-refractivity contribution in [2.45, 2.75) is 13.3 Å². The lowest BCUT2D eigenvalue weighted by Gasteiger charge is -2.27. The van der Waals surface area contributed by atoms with Gasteiger partial charge in [-0.15, -0.1) is 24.4 Å². The molecule has 0 saturated carbocycles. The van der Waals surface area contributed by atoms with Crippen molar-refractivity contribution < 1.29 is 9.00 Å². The fraction of sp³-hybridized carbons (Fsp3) is 0.192. The quantitative estimate of drug-likeness (QED) is 0.297. The number of carbonyl (C=O) groups excluding carboxylic acids is 1. The van der Waals surface area contributed by atoms with Crippen molar-refractivity contribution in [2.24, 2.45) is 0 Å². The normalized spacial score (nSPS) is 16.3. The third kappa shape index (κ3) is 6.34. The van der Waals surface area contributed by atoms with E-state index < -0.39 is 11.2 Å². The number of benzene rings is 1. The Balaban J connectivity index is 0.00000167. The minimum absolute atomic E-state index is 0.226. The maximum Gasteiger partial charge on any atom is 0.255 e. The summed E-state index contributed by atoms with van der Waals surface area (Å²) in [6, 6.07) is 10.9. The summed E-state index contributed by atoms with van der Waals surface area (Å²) < 4.78 is 16.9. The first-order valence-corrected chi connectivity index (χ1v) is 12.5. The van der Waals surface area contributed by atoms with Gasteiger partial charge in [0.15, 0.2) is 11.2 Å². The van der Waals surface area contributed by atoms with Gasteiger partial charge in [-0.05, 0) is 66.8 Å². The molecule has 2 N–H and O–H groups in total. The zero-order valence-electron chi connectivity index (χ0n) is 19.3. The summed E-state index contributed by atoms with van der Waals surface area (Å²) in [5, 5.41) is 4.84. The van der Waals surface area contributed by atoms with E-state index in [0.29, 0.717) is 17.8 Å². The molecule has 1 fully saturated rings. The number of allylic oxidation sites excluding steroid dienone is 3. The second-order valence-electron chi connectivity index (χ2n) is 7.40. The number of halogens is 1. The number of terminal acetylenes is 1. The van der Waals surface area contributed by atoms with Crippen LogP contribution in [0.4, 0.5) is 5.69 Å². The minimum Gasteiger partial charge on any atom is -0.322 e. The van der Waals surface area contributed by atoms with E-state index in [2.05, 4.69) is 32.9 Å². The Labute approximate surface area is 213 Å². The Kier molecular flexibility index (Phi) is 9.56. The Bertz CT molecular complexity index is 1280. The third-order valence-electron chi connectivity index (χ3n) is 5.30. The summed E-state index contributed by atoms with van der Waals surface area (Å²) in [4.78, 5) is 21.6. The van der Waals surface area contributed by atoms with E-state index in [4.69, 9.17) is 11.6 Å². The van der Waals surface area contributed by atoms with Gasteiger partial charge in [0.1, 0.15) is 0 Å². The van der Waals surface area contributed by atoms with Gasteiger partial charge in [0.05, 0.1) is 11.4 Å². The summed E-state index contributed by atoms with van der Waals surface area (Å²) in [7, 11) is 0. The number of aromatic nitrogens is 2. The predicted octanol–water partition coefficient (Wildman–Crippen LogP) is 4.21. The maximum absolute atomic E-state index is 12.9. The van der Waals surface area contributed by atoms with Gasteiger partial charge >= 0.3 is 0 Å². The van der Waals surface area contributed by atoms with Gasteiger partial charge in [-0.3, -0.25) is 19.1 Å². The minimum atomic E-state index is -1.25. The van der Waals surface area contributed by atoms with Crippen molar-refractivity contribution in [3.63, 3.8) is 0 Å². The predicted molar refractivity (Wildman–Crippen MR) is 144 cm³/mol. The molecule has 35 heavy (non-hydrogen) atoms. The van der Waals surface area contributed by atoms with E-state index in [0.717, 1.165) is 40.7 Å². The van der Waals surface area contributed by atoms with Gasteiger partial charge in [-0.25, -0.2) is 8.93 Å². The first-order valence-electron chi connectivity index (χ1n) is 10.9. The number of anilines is 1. The van der Waals surface area contributed by atoms with Crippen LogP contribution in [0.1, 0.15) is 29.4 Å². The molecule has 2 aromatic heterocycles. The van der Waals surface area contributed by atoms with Crippen molar-refractivity contribution in [2.75, 3.05) is 23.3 Å². The molecular weight excluding hydrogens is 482 g/mol. The highest BCUT2D eigenvalue weighted by Gasteiger charge is 2.18. The Hall–Kier alpha value is -3.51. The van der Waals surface area contributed by atoms with Crippen molar-refractivity contribution in [1.29, 1.82) is 0 Å². The molecule has 3 heterocycles.